The SMILES string of the molecule is CC(C)(C)OC(=O)N1CCN(S(=O)(=O)c2ccc(C=O)cc2)CC1. The fourth-order valence-electron chi connectivity index (χ4n) is 2.30. The number of carbonyl (C=O) groups is 2. The highest BCUT2D eigenvalue weighted by molar-refractivity contribution is 7.89. The molecule has 0 unspecified atom stereocenters. The molecular formula is C16H22N2O5S. The number of sulfonamides is 1. The Kier molecular flexibility index (Phi) is 5.29. The van der Waals surface area contributed by atoms with Gasteiger partial charge in [-0.2, -0.15) is 4.31 Å². The normalized spacial score (nSPS) is 16.7. The third kappa shape index (κ3) is 4.33. The predicted octanol–water partition coefficient (Wildman–Crippen LogP) is 1.74. The van der Waals surface area contributed by atoms with Crippen molar-refractivity contribution in [2.75, 3.05) is 26.2 Å². The largest absolute Gasteiger partial charge is 0.444 e. The number of amides is 1. The molecule has 0 aromatic heterocycles. The molecule has 1 fully saturated rings. The topological polar surface area (TPSA) is 84.0 Å². The van der Waals surface area contributed by atoms with Crippen molar-refractivity contribution in [1.82, 2.24) is 9.21 Å². The van der Waals surface area contributed by atoms with Crippen molar-refractivity contribution in [3.63, 3.8) is 0 Å². The third-order valence-corrected chi connectivity index (χ3v) is 5.46. The molecule has 0 bridgehead atoms. The van der Waals surface area contributed by atoms with Crippen LogP contribution in [0, 0.1) is 0 Å². The first-order valence-electron chi connectivity index (χ1n) is 7.67. The molecule has 0 spiro atoms. The molecule has 0 N–H and O–H groups in total. The molecule has 0 radical (unpaired) electrons. The van der Waals surface area contributed by atoms with Gasteiger partial charge in [-0.1, -0.05) is 12.1 Å². The van der Waals surface area contributed by atoms with Gasteiger partial charge in [0, 0.05) is 31.7 Å². The number of hydrogen-bond acceptors (Lipinski definition) is 5. The van der Waals surface area contributed by atoms with E-state index >= 15 is 0 Å². The van der Waals surface area contributed by atoms with Crippen LogP contribution in [0.1, 0.15) is 31.1 Å². The van der Waals surface area contributed by atoms with E-state index in [0.717, 1.165) is 0 Å². The van der Waals surface area contributed by atoms with Crippen molar-refractivity contribution in [3.8, 4) is 0 Å². The lowest BCUT2D eigenvalue weighted by Gasteiger charge is -2.34. The van der Waals surface area contributed by atoms with E-state index < -0.39 is 21.7 Å². The first-order valence-corrected chi connectivity index (χ1v) is 9.11. The van der Waals surface area contributed by atoms with Crippen molar-refractivity contribution in [2.24, 2.45) is 0 Å². The quantitative estimate of drug-likeness (QED) is 0.772. The highest BCUT2D eigenvalue weighted by atomic mass is 32.2. The van der Waals surface area contributed by atoms with Crippen molar-refractivity contribution < 1.29 is 22.7 Å². The van der Waals surface area contributed by atoms with Gasteiger partial charge in [-0.3, -0.25) is 4.79 Å². The van der Waals surface area contributed by atoms with Crippen LogP contribution in [0.2, 0.25) is 0 Å². The van der Waals surface area contributed by atoms with Crippen molar-refractivity contribution in [1.29, 1.82) is 0 Å². The van der Waals surface area contributed by atoms with Crippen molar-refractivity contribution >= 4 is 22.4 Å². The van der Waals surface area contributed by atoms with E-state index in [1.54, 1.807) is 20.8 Å². The molecule has 1 aliphatic rings. The number of ether oxygens (including phenoxy) is 1. The Bertz CT molecular complexity index is 699. The summed E-state index contributed by atoms with van der Waals surface area (Å²) in [6.45, 7) is 6.33. The van der Waals surface area contributed by atoms with Crippen LogP contribution in [0.5, 0.6) is 0 Å². The lowest BCUT2D eigenvalue weighted by molar-refractivity contribution is 0.0192. The molecule has 7 nitrogen and oxygen atoms in total. The number of rotatable bonds is 3. The molecule has 1 aliphatic heterocycles. The van der Waals surface area contributed by atoms with Gasteiger partial charge in [0.15, 0.2) is 0 Å². The predicted molar refractivity (Wildman–Crippen MR) is 88.4 cm³/mol. The van der Waals surface area contributed by atoms with Gasteiger partial charge in [0.25, 0.3) is 0 Å². The van der Waals surface area contributed by atoms with E-state index in [1.165, 1.54) is 33.5 Å². The minimum atomic E-state index is -3.63. The average molecular weight is 354 g/mol. The lowest BCUT2D eigenvalue weighted by Crippen LogP contribution is -2.51. The average Bonchev–Trinajstić information content (AvgIpc) is 2.53. The zero-order valence-corrected chi connectivity index (χ0v) is 14.9. The molecule has 1 aromatic carbocycles. The maximum Gasteiger partial charge on any atom is 0.410 e. The van der Waals surface area contributed by atoms with E-state index in [-0.39, 0.29) is 31.1 Å². The van der Waals surface area contributed by atoms with Gasteiger partial charge >= 0.3 is 6.09 Å². The molecule has 1 aromatic rings. The minimum absolute atomic E-state index is 0.138. The first kappa shape index (κ1) is 18.4. The Labute approximate surface area is 142 Å². The molecule has 8 heteroatoms. The minimum Gasteiger partial charge on any atom is -0.444 e. The smallest absolute Gasteiger partial charge is 0.410 e. The second-order valence-corrected chi connectivity index (χ2v) is 8.50. The monoisotopic (exact) mass is 354 g/mol. The summed E-state index contributed by atoms with van der Waals surface area (Å²) in [5.41, 5.74) is -0.163. The highest BCUT2D eigenvalue weighted by Crippen LogP contribution is 2.19. The second-order valence-electron chi connectivity index (χ2n) is 6.56. The Morgan fingerprint density at radius 1 is 1.08 bits per heavy atom. The van der Waals surface area contributed by atoms with Gasteiger partial charge in [0.2, 0.25) is 10.0 Å². The van der Waals surface area contributed by atoms with Crippen LogP contribution in [0.3, 0.4) is 0 Å². The van der Waals surface area contributed by atoms with E-state index in [1.807, 2.05) is 0 Å². The van der Waals surface area contributed by atoms with Crippen molar-refractivity contribution in [2.45, 2.75) is 31.3 Å². The summed E-state index contributed by atoms with van der Waals surface area (Å²) in [6, 6.07) is 5.77. The van der Waals surface area contributed by atoms with Crippen LogP contribution in [0.25, 0.3) is 0 Å². The zero-order chi connectivity index (χ0) is 18.0. The Morgan fingerprint density at radius 3 is 2.08 bits per heavy atom. The first-order chi connectivity index (χ1) is 11.1. The van der Waals surface area contributed by atoms with Gasteiger partial charge in [-0.05, 0) is 32.9 Å². The van der Waals surface area contributed by atoms with Gasteiger partial charge in [-0.25, -0.2) is 13.2 Å². The summed E-state index contributed by atoms with van der Waals surface area (Å²) < 4.78 is 31.8. The number of carbonyl (C=O) groups excluding carboxylic acids is 2. The molecule has 0 saturated carbocycles. The molecule has 2 rings (SSSR count). The highest BCUT2D eigenvalue weighted by Gasteiger charge is 2.31. The maximum atomic E-state index is 12.6. The fraction of sp³-hybridized carbons (Fsp3) is 0.500. The van der Waals surface area contributed by atoms with E-state index in [4.69, 9.17) is 4.74 Å². The Hall–Kier alpha value is -1.93. The van der Waals surface area contributed by atoms with Gasteiger partial charge in [0.1, 0.15) is 11.9 Å². The molecule has 132 valence electrons. The molecule has 24 heavy (non-hydrogen) atoms. The standard InChI is InChI=1S/C16H22N2O5S/c1-16(2,3)23-15(20)17-8-10-18(11-9-17)24(21,22)14-6-4-13(12-19)5-7-14/h4-7,12H,8-11H2,1-3H3. The van der Waals surface area contributed by atoms with Gasteiger partial charge in [-0.15, -0.1) is 0 Å². The van der Waals surface area contributed by atoms with E-state index in [0.29, 0.717) is 11.8 Å². The Morgan fingerprint density at radius 2 is 1.62 bits per heavy atom. The van der Waals surface area contributed by atoms with Crippen LogP contribution in [0.15, 0.2) is 29.2 Å². The summed E-state index contributed by atoms with van der Waals surface area (Å²) in [7, 11) is -3.63. The molecule has 1 saturated heterocycles. The summed E-state index contributed by atoms with van der Waals surface area (Å²) in [5.74, 6) is 0. The Balaban J connectivity index is 2.02. The molecule has 1 amide bonds. The third-order valence-electron chi connectivity index (χ3n) is 3.54. The van der Waals surface area contributed by atoms with Crippen LogP contribution < -0.4 is 0 Å². The molecule has 1 heterocycles. The summed E-state index contributed by atoms with van der Waals surface area (Å²) in [5, 5.41) is 0. The molecule has 0 atom stereocenters. The van der Waals surface area contributed by atoms with Gasteiger partial charge < -0.3 is 9.64 Å². The van der Waals surface area contributed by atoms with Crippen LogP contribution in [-0.2, 0) is 14.8 Å². The van der Waals surface area contributed by atoms with E-state index in [9.17, 15) is 18.0 Å². The van der Waals surface area contributed by atoms with Gasteiger partial charge in [0.05, 0.1) is 4.90 Å². The van der Waals surface area contributed by atoms with E-state index in [2.05, 4.69) is 0 Å². The maximum absolute atomic E-state index is 12.6. The summed E-state index contributed by atoms with van der Waals surface area (Å²) in [4.78, 5) is 24.3. The second kappa shape index (κ2) is 6.90. The number of hydrogen-bond donors (Lipinski definition) is 0. The number of nitrogens with zero attached hydrogens (tertiary/aromatic N) is 2. The summed E-state index contributed by atoms with van der Waals surface area (Å²) >= 11 is 0. The number of piperazine rings is 1. The molecule has 0 aliphatic carbocycles. The summed E-state index contributed by atoms with van der Waals surface area (Å²) in [6.07, 6.45) is 0.227. The number of benzene rings is 1. The zero-order valence-electron chi connectivity index (χ0n) is 14.1. The number of aldehydes is 1. The van der Waals surface area contributed by atoms with Crippen LogP contribution in [0.4, 0.5) is 4.79 Å². The fourth-order valence-corrected chi connectivity index (χ4v) is 3.73. The van der Waals surface area contributed by atoms with Crippen LogP contribution >= 0.6 is 0 Å². The molecular weight excluding hydrogens is 332 g/mol. The van der Waals surface area contributed by atoms with Crippen molar-refractivity contribution in [3.05, 3.63) is 29.8 Å². The van der Waals surface area contributed by atoms with Crippen LogP contribution in [-0.4, -0.2) is 61.8 Å². The lowest BCUT2D eigenvalue weighted by atomic mass is 10.2.